The standard InChI is InChI=1S/C19H21ClN2O3S/c1-4-11(2)12-5-7-16(23)15(9-12)21-19(26)22-18(24)14-10-13(20)6-8-17(14)25-3/h5-11,23H,4H2,1-3H3,(H2,21,22,24,26). The van der Waals surface area contributed by atoms with Gasteiger partial charge in [-0.1, -0.05) is 31.5 Å². The van der Waals surface area contributed by atoms with Crippen molar-refractivity contribution in [1.82, 2.24) is 5.32 Å². The van der Waals surface area contributed by atoms with Crippen molar-refractivity contribution in [2.45, 2.75) is 26.2 Å². The van der Waals surface area contributed by atoms with Crippen molar-refractivity contribution in [3.05, 3.63) is 52.5 Å². The van der Waals surface area contributed by atoms with Gasteiger partial charge in [0.2, 0.25) is 0 Å². The number of nitrogens with one attached hydrogen (secondary N) is 2. The van der Waals surface area contributed by atoms with Gasteiger partial charge in [0.05, 0.1) is 18.4 Å². The number of ether oxygens (including phenoxy) is 1. The fourth-order valence-corrected chi connectivity index (χ4v) is 2.75. The summed E-state index contributed by atoms with van der Waals surface area (Å²) in [6.07, 6.45) is 0.972. The van der Waals surface area contributed by atoms with E-state index in [1.807, 2.05) is 12.1 Å². The zero-order chi connectivity index (χ0) is 19.3. The lowest BCUT2D eigenvalue weighted by atomic mass is 9.98. The maximum atomic E-state index is 12.4. The van der Waals surface area contributed by atoms with Crippen LogP contribution in [-0.4, -0.2) is 23.2 Å². The lowest BCUT2D eigenvalue weighted by Gasteiger charge is -2.15. The number of anilines is 1. The van der Waals surface area contributed by atoms with Crippen molar-refractivity contribution >= 4 is 40.5 Å². The summed E-state index contributed by atoms with van der Waals surface area (Å²) in [6, 6.07) is 10.0. The van der Waals surface area contributed by atoms with Gasteiger partial charge in [-0.2, -0.15) is 0 Å². The molecule has 1 atom stereocenters. The van der Waals surface area contributed by atoms with Gasteiger partial charge >= 0.3 is 0 Å². The summed E-state index contributed by atoms with van der Waals surface area (Å²) in [7, 11) is 1.47. The predicted molar refractivity (Wildman–Crippen MR) is 109 cm³/mol. The summed E-state index contributed by atoms with van der Waals surface area (Å²) in [5.74, 6) is 0.319. The summed E-state index contributed by atoms with van der Waals surface area (Å²) < 4.78 is 5.17. The van der Waals surface area contributed by atoms with E-state index in [0.717, 1.165) is 12.0 Å². The van der Waals surface area contributed by atoms with Crippen LogP contribution in [0.1, 0.15) is 42.1 Å². The molecule has 3 N–H and O–H groups in total. The van der Waals surface area contributed by atoms with Gasteiger partial charge in [-0.05, 0) is 60.5 Å². The number of amides is 1. The molecule has 0 aromatic heterocycles. The third-order valence-corrected chi connectivity index (χ3v) is 4.52. The zero-order valence-corrected chi connectivity index (χ0v) is 16.4. The molecule has 0 aliphatic carbocycles. The van der Waals surface area contributed by atoms with E-state index < -0.39 is 5.91 Å². The first-order chi connectivity index (χ1) is 12.3. The Bertz CT molecular complexity index is 826. The Kier molecular flexibility index (Phi) is 6.83. The van der Waals surface area contributed by atoms with Gasteiger partial charge in [-0.3, -0.25) is 10.1 Å². The molecule has 0 radical (unpaired) electrons. The van der Waals surface area contributed by atoms with Crippen molar-refractivity contribution in [1.29, 1.82) is 0 Å². The largest absolute Gasteiger partial charge is 0.506 e. The summed E-state index contributed by atoms with van der Waals surface area (Å²) in [4.78, 5) is 12.4. The summed E-state index contributed by atoms with van der Waals surface area (Å²) in [6.45, 7) is 4.19. The van der Waals surface area contributed by atoms with Gasteiger partial charge in [0.15, 0.2) is 5.11 Å². The number of benzene rings is 2. The van der Waals surface area contributed by atoms with Gasteiger partial charge in [-0.25, -0.2) is 0 Å². The van der Waals surface area contributed by atoms with E-state index in [0.29, 0.717) is 22.4 Å². The van der Waals surface area contributed by atoms with E-state index in [2.05, 4.69) is 24.5 Å². The molecular formula is C19H21ClN2O3S. The molecule has 0 fully saturated rings. The second kappa shape index (κ2) is 8.87. The molecule has 0 heterocycles. The highest BCUT2D eigenvalue weighted by atomic mass is 35.5. The van der Waals surface area contributed by atoms with Gasteiger partial charge < -0.3 is 15.2 Å². The quantitative estimate of drug-likeness (QED) is 0.508. The van der Waals surface area contributed by atoms with Crippen LogP contribution < -0.4 is 15.4 Å². The Morgan fingerprint density at radius 2 is 2.04 bits per heavy atom. The number of phenolic OH excluding ortho intramolecular Hbond substituents is 1. The number of methoxy groups -OCH3 is 1. The number of hydrogen-bond acceptors (Lipinski definition) is 4. The molecule has 0 bridgehead atoms. The highest BCUT2D eigenvalue weighted by Crippen LogP contribution is 2.29. The number of hydrogen-bond donors (Lipinski definition) is 3. The van der Waals surface area contributed by atoms with Crippen molar-refractivity contribution in [3.8, 4) is 11.5 Å². The first kappa shape index (κ1) is 20.0. The van der Waals surface area contributed by atoms with Crippen LogP contribution in [0, 0.1) is 0 Å². The van der Waals surface area contributed by atoms with Gasteiger partial charge in [0, 0.05) is 5.02 Å². The Morgan fingerprint density at radius 3 is 2.69 bits per heavy atom. The Labute approximate surface area is 163 Å². The lowest BCUT2D eigenvalue weighted by Crippen LogP contribution is -2.34. The molecule has 7 heteroatoms. The molecular weight excluding hydrogens is 372 g/mol. The van der Waals surface area contributed by atoms with Crippen molar-refractivity contribution < 1.29 is 14.6 Å². The van der Waals surface area contributed by atoms with Crippen LogP contribution >= 0.6 is 23.8 Å². The third kappa shape index (κ3) is 4.86. The number of thiocarbonyl (C=S) groups is 1. The summed E-state index contributed by atoms with van der Waals surface area (Å²) in [5, 5.41) is 15.9. The van der Waals surface area contributed by atoms with Gasteiger partial charge in [0.1, 0.15) is 11.5 Å². The number of rotatable bonds is 5. The van der Waals surface area contributed by atoms with E-state index in [9.17, 15) is 9.90 Å². The van der Waals surface area contributed by atoms with Crippen LogP contribution in [-0.2, 0) is 0 Å². The molecule has 2 rings (SSSR count). The van der Waals surface area contributed by atoms with E-state index in [4.69, 9.17) is 28.6 Å². The Morgan fingerprint density at radius 1 is 1.31 bits per heavy atom. The maximum Gasteiger partial charge on any atom is 0.261 e. The minimum atomic E-state index is -0.459. The average molecular weight is 393 g/mol. The first-order valence-electron chi connectivity index (χ1n) is 8.14. The highest BCUT2D eigenvalue weighted by molar-refractivity contribution is 7.80. The minimum Gasteiger partial charge on any atom is -0.506 e. The fourth-order valence-electron chi connectivity index (χ4n) is 2.38. The lowest BCUT2D eigenvalue weighted by molar-refractivity contribution is 0.0974. The molecule has 1 amide bonds. The van der Waals surface area contributed by atoms with Gasteiger partial charge in [0.25, 0.3) is 5.91 Å². The number of carbonyl (C=O) groups excluding carboxylic acids is 1. The van der Waals surface area contributed by atoms with E-state index in [-0.39, 0.29) is 16.4 Å². The SMILES string of the molecule is CCC(C)c1ccc(O)c(NC(=S)NC(=O)c2cc(Cl)ccc2OC)c1. The molecule has 0 saturated carbocycles. The normalized spacial score (nSPS) is 11.5. The summed E-state index contributed by atoms with van der Waals surface area (Å²) >= 11 is 11.1. The van der Waals surface area contributed by atoms with Crippen LogP contribution in [0.25, 0.3) is 0 Å². The number of phenols is 1. The number of halogens is 1. The van der Waals surface area contributed by atoms with Crippen LogP contribution in [0.3, 0.4) is 0 Å². The topological polar surface area (TPSA) is 70.6 Å². The number of aromatic hydroxyl groups is 1. The molecule has 0 aliphatic heterocycles. The Balaban J connectivity index is 2.14. The molecule has 0 aliphatic rings. The molecule has 0 saturated heterocycles. The highest BCUT2D eigenvalue weighted by Gasteiger charge is 2.15. The monoisotopic (exact) mass is 392 g/mol. The van der Waals surface area contributed by atoms with E-state index in [1.54, 1.807) is 18.2 Å². The third-order valence-electron chi connectivity index (χ3n) is 4.08. The molecule has 26 heavy (non-hydrogen) atoms. The second-order valence-corrected chi connectivity index (χ2v) is 6.68. The molecule has 2 aromatic rings. The van der Waals surface area contributed by atoms with Crippen LogP contribution in [0.15, 0.2) is 36.4 Å². The maximum absolute atomic E-state index is 12.4. The van der Waals surface area contributed by atoms with Crippen LogP contribution in [0.5, 0.6) is 11.5 Å². The van der Waals surface area contributed by atoms with E-state index in [1.165, 1.54) is 13.2 Å². The van der Waals surface area contributed by atoms with Crippen molar-refractivity contribution in [3.63, 3.8) is 0 Å². The predicted octanol–water partition coefficient (Wildman–Crippen LogP) is 4.69. The van der Waals surface area contributed by atoms with Gasteiger partial charge in [-0.15, -0.1) is 0 Å². The molecule has 1 unspecified atom stereocenters. The zero-order valence-electron chi connectivity index (χ0n) is 14.8. The molecule has 138 valence electrons. The Hall–Kier alpha value is -2.31. The second-order valence-electron chi connectivity index (χ2n) is 5.84. The average Bonchev–Trinajstić information content (AvgIpc) is 2.62. The smallest absolute Gasteiger partial charge is 0.261 e. The molecule has 5 nitrogen and oxygen atoms in total. The first-order valence-corrected chi connectivity index (χ1v) is 8.93. The van der Waals surface area contributed by atoms with Crippen molar-refractivity contribution in [2.24, 2.45) is 0 Å². The fraction of sp³-hybridized carbons (Fsp3) is 0.263. The molecule has 0 spiro atoms. The minimum absolute atomic E-state index is 0.0500. The summed E-state index contributed by atoms with van der Waals surface area (Å²) in [5.41, 5.74) is 1.77. The van der Waals surface area contributed by atoms with E-state index >= 15 is 0 Å². The van der Waals surface area contributed by atoms with Crippen LogP contribution in [0.2, 0.25) is 5.02 Å². The molecule has 2 aromatic carbocycles. The number of carbonyl (C=O) groups is 1. The van der Waals surface area contributed by atoms with Crippen molar-refractivity contribution in [2.75, 3.05) is 12.4 Å². The van der Waals surface area contributed by atoms with Crippen LogP contribution in [0.4, 0.5) is 5.69 Å².